The van der Waals surface area contributed by atoms with Gasteiger partial charge in [-0.3, -0.25) is 53.3 Å². The van der Waals surface area contributed by atoms with E-state index in [0.717, 1.165) is 101 Å². The summed E-state index contributed by atoms with van der Waals surface area (Å²) >= 11 is 2.97. The number of nitrogens with one attached hydrogen (secondary N) is 1. The van der Waals surface area contributed by atoms with E-state index in [1.54, 1.807) is 63.3 Å². The molecule has 0 aliphatic carbocycles. The van der Waals surface area contributed by atoms with E-state index in [4.69, 9.17) is 54.4 Å². The first-order valence-corrected chi connectivity index (χ1v) is 45.4. The molecule has 29 heteroatoms. The number of amides is 6. The normalized spacial score (nSPS) is 18.7. The first kappa shape index (κ1) is 95.0. The average molecular weight is 1830 g/mol. The van der Waals surface area contributed by atoms with Crippen LogP contribution in [0.15, 0.2) is 328 Å². The van der Waals surface area contributed by atoms with Crippen LogP contribution in [0.2, 0.25) is 0 Å². The van der Waals surface area contributed by atoms with Crippen molar-refractivity contribution >= 4 is 93.6 Å². The Morgan fingerprint density at radius 1 is 0.467 bits per heavy atom. The van der Waals surface area contributed by atoms with Gasteiger partial charge in [0, 0.05) is 64.0 Å². The zero-order valence-corrected chi connectivity index (χ0v) is 77.3. The van der Waals surface area contributed by atoms with Gasteiger partial charge in [0.25, 0.3) is 29.5 Å². The van der Waals surface area contributed by atoms with Crippen LogP contribution in [-0.2, 0) is 58.2 Å². The van der Waals surface area contributed by atoms with Crippen molar-refractivity contribution in [3.05, 3.63) is 375 Å². The van der Waals surface area contributed by atoms with Gasteiger partial charge in [-0.1, -0.05) is 221 Å². The Balaban J connectivity index is 0.000000136. The molecule has 0 saturated carbocycles. The van der Waals surface area contributed by atoms with E-state index in [-0.39, 0.29) is 83.7 Å². The van der Waals surface area contributed by atoms with Gasteiger partial charge in [0.15, 0.2) is 46.4 Å². The number of nitrogens with zero attached hydrogens (tertiary/aromatic N) is 14. The zero-order chi connectivity index (χ0) is 96.1. The van der Waals surface area contributed by atoms with Gasteiger partial charge < -0.3 is 38.9 Å². The lowest BCUT2D eigenvalue weighted by atomic mass is 9.81. The third-order valence-electron chi connectivity index (χ3n) is 24.8. The van der Waals surface area contributed by atoms with Crippen LogP contribution >= 0.6 is 22.7 Å². The third kappa shape index (κ3) is 19.6. The van der Waals surface area contributed by atoms with E-state index in [2.05, 4.69) is 43.9 Å². The van der Waals surface area contributed by atoms with Crippen LogP contribution < -0.4 is 34.0 Å². The van der Waals surface area contributed by atoms with Crippen molar-refractivity contribution in [2.75, 3.05) is 52.6 Å². The second-order valence-electron chi connectivity index (χ2n) is 33.7. The maximum atomic E-state index is 13.9. The van der Waals surface area contributed by atoms with Crippen LogP contribution in [0.5, 0.6) is 0 Å². The van der Waals surface area contributed by atoms with Crippen molar-refractivity contribution in [2.45, 2.75) is 87.6 Å². The summed E-state index contributed by atoms with van der Waals surface area (Å²) in [5.41, 5.74) is 36.6. The largest absolute Gasteiger partial charge is 0.369 e. The molecule has 0 bridgehead atoms. The minimum absolute atomic E-state index is 0.00718. The van der Waals surface area contributed by atoms with E-state index in [1.165, 1.54) is 67.2 Å². The van der Waals surface area contributed by atoms with Gasteiger partial charge in [0.05, 0.1) is 41.8 Å². The predicted octanol–water partition coefficient (Wildman–Crippen LogP) is 15.6. The Morgan fingerprint density at radius 3 is 1.44 bits per heavy atom. The molecule has 135 heavy (non-hydrogen) atoms. The first-order chi connectivity index (χ1) is 64.9. The molecular weight excluding hydrogens is 1730 g/mol. The van der Waals surface area contributed by atoms with Gasteiger partial charge in [-0.2, -0.15) is 15.8 Å². The molecule has 12 aromatic rings. The summed E-state index contributed by atoms with van der Waals surface area (Å²) in [6, 6.07) is 95.6. The highest BCUT2D eigenvalue weighted by Crippen LogP contribution is 2.48. The van der Waals surface area contributed by atoms with Crippen LogP contribution in [-0.4, -0.2) is 142 Å². The Labute approximate surface area is 791 Å². The highest BCUT2D eigenvalue weighted by molar-refractivity contribution is 7.16. The molecule has 6 amide bonds. The number of hydrogen-bond acceptors (Lipinski definition) is 22. The summed E-state index contributed by atoms with van der Waals surface area (Å²) in [5.74, 6) is -0.279. The Kier molecular flexibility index (Phi) is 28.6. The molecule has 6 aliphatic heterocycles. The molecule has 680 valence electrons. The minimum atomic E-state index is -1.23. The highest BCUT2D eigenvalue weighted by atomic mass is 32.1. The zero-order valence-electron chi connectivity index (χ0n) is 75.7. The maximum absolute atomic E-state index is 13.9. The Bertz CT molecular complexity index is 6700. The molecular formula is C106H101FN20O6S2. The molecule has 6 aliphatic rings. The summed E-state index contributed by atoms with van der Waals surface area (Å²) in [6.07, 6.45) is 3.70. The van der Waals surface area contributed by atoms with E-state index in [9.17, 15) is 33.2 Å². The van der Waals surface area contributed by atoms with Crippen molar-refractivity contribution in [3.63, 3.8) is 0 Å². The molecule has 10 aromatic carbocycles. The van der Waals surface area contributed by atoms with Crippen molar-refractivity contribution in [1.82, 2.24) is 29.4 Å². The molecule has 0 spiro atoms. The topological polar surface area (TPSA) is 397 Å². The number of carbonyl (C=O) groups is 6. The number of nitrogens with two attached hydrogens (primary N) is 5. The maximum Gasteiger partial charge on any atom is 0.266 e. The summed E-state index contributed by atoms with van der Waals surface area (Å²) in [7, 11) is 4.82. The number of benzene rings is 10. The lowest BCUT2D eigenvalue weighted by molar-refractivity contribution is -0.131. The van der Waals surface area contributed by atoms with Gasteiger partial charge >= 0.3 is 0 Å². The van der Waals surface area contributed by atoms with E-state index < -0.39 is 33.5 Å². The molecule has 26 nitrogen and oxygen atoms in total. The predicted molar refractivity (Wildman–Crippen MR) is 528 cm³/mol. The van der Waals surface area contributed by atoms with Gasteiger partial charge in [0.1, 0.15) is 23.0 Å². The highest BCUT2D eigenvalue weighted by Gasteiger charge is 2.53. The molecule has 3 atom stereocenters. The van der Waals surface area contributed by atoms with Gasteiger partial charge in [-0.05, 0) is 205 Å². The fourth-order valence-electron chi connectivity index (χ4n) is 16.8. The number of rotatable bonds is 19. The van der Waals surface area contributed by atoms with Gasteiger partial charge in [-0.15, -0.1) is 22.7 Å². The van der Waals surface area contributed by atoms with Crippen LogP contribution in [0.4, 0.5) is 10.1 Å². The number of hydrogen-bond donors (Lipinski definition) is 6. The number of carbonyl (C=O) groups excluding carboxylic acids is 6. The minimum Gasteiger partial charge on any atom is -0.369 e. The number of likely N-dealkylation sites (N-methyl/N-ethyl adjacent to an activating group) is 2. The fraction of sp³-hybridized carbons (Fsp3) is 0.208. The SMILES string of the molecule is C=C1C(=O)N(C)C(N)=N[C@]1(C)c1cccc(-c2cccc(C#N)c2)c1.CC(C)C1(c2ccc(-c3ccc(F)c(C#N)c3)s2)CC(=O)N(C)C(N)=N1.CN1C(=O)C(C)(c2ccc(-c3cccc(C#N)c3)s2)N=C1N.NC1=NC(c2ccccc2)(c2ccccc2)C(=O)N1CCCN1CCCC1.NC1=NC(c2ccccc2)(c2ccccc2)C(=O)N1Cc1ccc(NC(=O)c2ccccc2)cc1. The Hall–Kier alpha value is -16.1. The quantitative estimate of drug-likeness (QED) is 0.0410. The van der Waals surface area contributed by atoms with E-state index in [1.807, 2.05) is 276 Å². The summed E-state index contributed by atoms with van der Waals surface area (Å²) in [5, 5.41) is 30.0. The number of guanidine groups is 5. The lowest BCUT2D eigenvalue weighted by Gasteiger charge is -2.38. The average Bonchev–Trinajstić information content (AvgIpc) is 1.72. The number of anilines is 1. The molecule has 0 radical (unpaired) electrons. The van der Waals surface area contributed by atoms with E-state index >= 15 is 0 Å². The smallest absolute Gasteiger partial charge is 0.266 e. The molecule has 8 heterocycles. The Morgan fingerprint density at radius 2 is 0.926 bits per heavy atom. The number of likely N-dealkylation sites (tertiary alicyclic amines) is 1. The molecule has 18 rings (SSSR count). The number of aliphatic imine (C=N–C) groups is 5. The summed E-state index contributed by atoms with van der Waals surface area (Å²) in [4.78, 5) is 113. The number of thiophene rings is 2. The standard InChI is InChI=1S/C29H24N4O2.C22H26N4O.C20H18N4O.C19H19FN4OS.C16H14N4OS/c30-28-32-29(23-12-6-2-7-13-23,24-14-8-3-9-15-24)27(35)33(28)20-21-16-18-25(19-17-21)31-26(34)22-10-4-1-5-11-22;23-21-24-22(18-10-3-1-4-11-18,19-12-5-2-6-13-19)20(27)26(21)17-9-16-25-14-7-8-15-25;1-13-18(25)24(3)19(22)23-20(13,2)17-9-5-8-16(11-17)15-7-4-6-14(10-15)12-21;1-11(2)19(9-17(25)24(3)18(22)23-19)16-7-6-15(26-16)12-4-5-14(20)13(8-12)10-21;1-16(14(21)20(2)15(18)19-16)13-7-6-12(22-13)11-5-3-4-10(8-11)9-17/h1-19H,20H2,(H2,30,32)(H,31,34);1-6,10-13H,7-9,14-17H2,(H2,23,24);4-11H,1H2,2-3H3,(H2,22,23);4-8,11H,9H2,1-3H3,(H2,22,23);3-8H,1-2H3,(H2,18,19)/t;;20-;;/m..0../s1. The van der Waals surface area contributed by atoms with Crippen LogP contribution in [0.3, 0.4) is 0 Å². The van der Waals surface area contributed by atoms with Crippen molar-refractivity contribution in [3.8, 4) is 50.2 Å². The van der Waals surface area contributed by atoms with Crippen molar-refractivity contribution < 1.29 is 33.2 Å². The van der Waals surface area contributed by atoms with Crippen molar-refractivity contribution in [1.29, 1.82) is 15.8 Å². The second kappa shape index (κ2) is 40.7. The van der Waals surface area contributed by atoms with Crippen LogP contribution in [0.1, 0.15) is 124 Å². The molecule has 2 unspecified atom stereocenters. The fourth-order valence-corrected chi connectivity index (χ4v) is 19.2. The molecule has 1 saturated heterocycles. The molecule has 1 fully saturated rings. The first-order valence-electron chi connectivity index (χ1n) is 43.7. The second-order valence-corrected chi connectivity index (χ2v) is 35.8. The summed E-state index contributed by atoms with van der Waals surface area (Å²) < 4.78 is 13.6. The van der Waals surface area contributed by atoms with Gasteiger partial charge in [0.2, 0.25) is 5.91 Å². The monoisotopic (exact) mass is 1830 g/mol. The summed E-state index contributed by atoms with van der Waals surface area (Å²) in [6.45, 7) is 15.8. The molecule has 2 aromatic heterocycles. The van der Waals surface area contributed by atoms with E-state index in [0.29, 0.717) is 40.5 Å². The number of nitriles is 3. The third-order valence-corrected chi connectivity index (χ3v) is 27.4. The number of halogens is 1. The van der Waals surface area contributed by atoms with Crippen molar-refractivity contribution in [2.24, 2.45) is 59.5 Å². The van der Waals surface area contributed by atoms with Gasteiger partial charge in [-0.25, -0.2) is 29.4 Å². The lowest BCUT2D eigenvalue weighted by Crippen LogP contribution is -2.50. The van der Waals surface area contributed by atoms with Crippen LogP contribution in [0, 0.1) is 45.7 Å². The van der Waals surface area contributed by atoms with Crippen LogP contribution in [0.25, 0.3) is 32.0 Å². The molecule has 11 N–H and O–H groups in total.